The summed E-state index contributed by atoms with van der Waals surface area (Å²) < 4.78 is 5.05. The highest BCUT2D eigenvalue weighted by atomic mass is 32.1. The fourth-order valence-electron chi connectivity index (χ4n) is 2.44. The molecule has 1 aliphatic rings. The highest BCUT2D eigenvalue weighted by Gasteiger charge is 2.28. The summed E-state index contributed by atoms with van der Waals surface area (Å²) in [6.07, 6.45) is 5.11. The van der Waals surface area contributed by atoms with E-state index in [9.17, 15) is 9.59 Å². The first kappa shape index (κ1) is 15.8. The summed E-state index contributed by atoms with van der Waals surface area (Å²) in [6, 6.07) is 2.03. The molecule has 0 spiro atoms. The van der Waals surface area contributed by atoms with Crippen molar-refractivity contribution in [1.29, 1.82) is 0 Å². The molecule has 5 heteroatoms. The minimum atomic E-state index is -0.187. The molecule has 0 bridgehead atoms. The van der Waals surface area contributed by atoms with Gasteiger partial charge in [0.15, 0.2) is 0 Å². The molecule has 0 N–H and O–H groups in total. The number of rotatable bonds is 4. The number of thiophene rings is 1. The first-order valence-electron chi connectivity index (χ1n) is 7.29. The standard InChI is InChI=1S/C16H21NO3S/c1-3-20-16(19)13-5-4-9-17(11-13)15(18)7-6-14-12(2)8-10-21-14/h6-8,10,13H,3-5,9,11H2,1-2H3/b7-6+. The van der Waals surface area contributed by atoms with Crippen molar-refractivity contribution in [2.75, 3.05) is 19.7 Å². The van der Waals surface area contributed by atoms with E-state index in [1.54, 1.807) is 29.2 Å². The number of carbonyl (C=O) groups excluding carboxylic acids is 2. The Morgan fingerprint density at radius 1 is 1.52 bits per heavy atom. The van der Waals surface area contributed by atoms with Crippen LogP contribution in [0.4, 0.5) is 0 Å². The SMILES string of the molecule is CCOC(=O)C1CCCN(C(=O)/C=C/c2sccc2C)C1. The summed E-state index contributed by atoms with van der Waals surface area (Å²) >= 11 is 1.62. The predicted molar refractivity (Wildman–Crippen MR) is 84.0 cm³/mol. The van der Waals surface area contributed by atoms with Crippen LogP contribution in [0.5, 0.6) is 0 Å². The van der Waals surface area contributed by atoms with E-state index in [1.807, 2.05) is 24.4 Å². The molecule has 2 rings (SSSR count). The summed E-state index contributed by atoms with van der Waals surface area (Å²) in [5.41, 5.74) is 1.17. The fourth-order valence-corrected chi connectivity index (χ4v) is 3.26. The average Bonchev–Trinajstić information content (AvgIpc) is 2.90. The highest BCUT2D eigenvalue weighted by Crippen LogP contribution is 2.20. The zero-order valence-corrected chi connectivity index (χ0v) is 13.3. The molecule has 1 unspecified atom stereocenters. The van der Waals surface area contributed by atoms with Gasteiger partial charge < -0.3 is 9.64 Å². The molecule has 1 fully saturated rings. The minimum absolute atomic E-state index is 0.0307. The van der Waals surface area contributed by atoms with Crippen LogP contribution in [0, 0.1) is 12.8 Å². The highest BCUT2D eigenvalue weighted by molar-refractivity contribution is 7.11. The lowest BCUT2D eigenvalue weighted by Crippen LogP contribution is -2.42. The van der Waals surface area contributed by atoms with E-state index in [-0.39, 0.29) is 17.8 Å². The summed E-state index contributed by atoms with van der Waals surface area (Å²) in [7, 11) is 0. The largest absolute Gasteiger partial charge is 0.466 e. The Morgan fingerprint density at radius 2 is 2.33 bits per heavy atom. The van der Waals surface area contributed by atoms with E-state index in [4.69, 9.17) is 4.74 Å². The lowest BCUT2D eigenvalue weighted by Gasteiger charge is -2.30. The lowest BCUT2D eigenvalue weighted by molar-refractivity contribution is -0.150. The van der Waals surface area contributed by atoms with Crippen molar-refractivity contribution in [2.45, 2.75) is 26.7 Å². The van der Waals surface area contributed by atoms with Crippen LogP contribution in [0.25, 0.3) is 6.08 Å². The number of hydrogen-bond donors (Lipinski definition) is 0. The van der Waals surface area contributed by atoms with Crippen LogP contribution in [-0.2, 0) is 14.3 Å². The molecule has 1 saturated heterocycles. The van der Waals surface area contributed by atoms with Crippen LogP contribution in [0.3, 0.4) is 0 Å². The van der Waals surface area contributed by atoms with Gasteiger partial charge in [0, 0.05) is 24.0 Å². The van der Waals surface area contributed by atoms with Crippen LogP contribution in [0.1, 0.15) is 30.2 Å². The number of carbonyl (C=O) groups is 2. The van der Waals surface area contributed by atoms with Gasteiger partial charge in [-0.25, -0.2) is 0 Å². The van der Waals surface area contributed by atoms with Gasteiger partial charge in [0.1, 0.15) is 0 Å². The number of aryl methyl sites for hydroxylation is 1. The van der Waals surface area contributed by atoms with Gasteiger partial charge in [-0.05, 0) is 49.8 Å². The van der Waals surface area contributed by atoms with Gasteiger partial charge in [-0.15, -0.1) is 11.3 Å². The third kappa shape index (κ3) is 4.17. The van der Waals surface area contributed by atoms with Crippen LogP contribution in [0.2, 0.25) is 0 Å². The summed E-state index contributed by atoms with van der Waals surface area (Å²) in [4.78, 5) is 26.8. The molecular formula is C16H21NO3S. The fraction of sp³-hybridized carbons (Fsp3) is 0.500. The molecule has 0 saturated carbocycles. The normalized spacial score (nSPS) is 19.0. The van der Waals surface area contributed by atoms with Gasteiger partial charge in [0.25, 0.3) is 0 Å². The number of amides is 1. The number of ether oxygens (including phenoxy) is 1. The number of piperidine rings is 1. The molecule has 0 radical (unpaired) electrons. The van der Waals surface area contributed by atoms with Crippen molar-refractivity contribution >= 4 is 29.3 Å². The first-order valence-corrected chi connectivity index (χ1v) is 8.17. The maximum atomic E-state index is 12.2. The Bertz CT molecular complexity index is 535. The Hall–Kier alpha value is -1.62. The molecular weight excluding hydrogens is 286 g/mol. The Morgan fingerprint density at radius 3 is 3.00 bits per heavy atom. The third-order valence-electron chi connectivity index (χ3n) is 3.63. The second-order valence-corrected chi connectivity index (χ2v) is 6.12. The number of esters is 1. The van der Waals surface area contributed by atoms with Gasteiger partial charge in [-0.3, -0.25) is 9.59 Å². The lowest BCUT2D eigenvalue weighted by atomic mass is 9.98. The van der Waals surface area contributed by atoms with Gasteiger partial charge in [0.05, 0.1) is 12.5 Å². The molecule has 1 aliphatic heterocycles. The summed E-state index contributed by atoms with van der Waals surface area (Å²) in [6.45, 7) is 5.39. The zero-order chi connectivity index (χ0) is 15.2. The van der Waals surface area contributed by atoms with Crippen molar-refractivity contribution in [3.8, 4) is 0 Å². The van der Waals surface area contributed by atoms with Crippen molar-refractivity contribution in [3.63, 3.8) is 0 Å². The predicted octanol–water partition coefficient (Wildman–Crippen LogP) is 2.87. The summed E-state index contributed by atoms with van der Waals surface area (Å²) in [5, 5.41) is 2.01. The van der Waals surface area contributed by atoms with Crippen LogP contribution in [-0.4, -0.2) is 36.5 Å². The number of nitrogens with zero attached hydrogens (tertiary/aromatic N) is 1. The maximum Gasteiger partial charge on any atom is 0.310 e. The maximum absolute atomic E-state index is 12.2. The van der Waals surface area contributed by atoms with Gasteiger partial charge in [-0.1, -0.05) is 0 Å². The third-order valence-corrected chi connectivity index (χ3v) is 4.62. The average molecular weight is 307 g/mol. The van der Waals surface area contributed by atoms with Crippen LogP contribution < -0.4 is 0 Å². The van der Waals surface area contributed by atoms with Crippen LogP contribution >= 0.6 is 11.3 Å². The Kier molecular flexibility index (Phi) is 5.56. The molecule has 1 amide bonds. The number of likely N-dealkylation sites (tertiary alicyclic amines) is 1. The molecule has 21 heavy (non-hydrogen) atoms. The van der Waals surface area contributed by atoms with Crippen molar-refractivity contribution in [3.05, 3.63) is 28.0 Å². The smallest absolute Gasteiger partial charge is 0.310 e. The second-order valence-electron chi connectivity index (χ2n) is 5.18. The molecule has 1 aromatic heterocycles. The van der Waals surface area contributed by atoms with Crippen molar-refractivity contribution < 1.29 is 14.3 Å². The second kappa shape index (κ2) is 7.41. The van der Waals surface area contributed by atoms with E-state index < -0.39 is 0 Å². The molecule has 0 aliphatic carbocycles. The number of hydrogen-bond acceptors (Lipinski definition) is 4. The van der Waals surface area contributed by atoms with E-state index in [2.05, 4.69) is 0 Å². The van der Waals surface area contributed by atoms with Crippen LogP contribution in [0.15, 0.2) is 17.5 Å². The molecule has 1 atom stereocenters. The quantitative estimate of drug-likeness (QED) is 0.635. The Labute approximate surface area is 129 Å². The van der Waals surface area contributed by atoms with E-state index >= 15 is 0 Å². The molecule has 4 nitrogen and oxygen atoms in total. The molecule has 114 valence electrons. The van der Waals surface area contributed by atoms with Crippen molar-refractivity contribution in [2.24, 2.45) is 5.92 Å². The van der Waals surface area contributed by atoms with E-state index in [0.29, 0.717) is 19.7 Å². The minimum Gasteiger partial charge on any atom is -0.466 e. The Balaban J connectivity index is 1.94. The zero-order valence-electron chi connectivity index (χ0n) is 12.5. The summed E-state index contributed by atoms with van der Waals surface area (Å²) in [5.74, 6) is -0.399. The molecule has 0 aromatic carbocycles. The topological polar surface area (TPSA) is 46.6 Å². The molecule has 1 aromatic rings. The monoisotopic (exact) mass is 307 g/mol. The van der Waals surface area contributed by atoms with Gasteiger partial charge >= 0.3 is 5.97 Å². The first-order chi connectivity index (χ1) is 10.1. The van der Waals surface area contributed by atoms with Gasteiger partial charge in [0.2, 0.25) is 5.91 Å². The van der Waals surface area contributed by atoms with E-state index in [0.717, 1.165) is 17.7 Å². The van der Waals surface area contributed by atoms with Crippen molar-refractivity contribution in [1.82, 2.24) is 4.90 Å². The molecule has 2 heterocycles. The van der Waals surface area contributed by atoms with E-state index in [1.165, 1.54) is 5.56 Å². The van der Waals surface area contributed by atoms with Gasteiger partial charge in [-0.2, -0.15) is 0 Å².